The molecule has 1 atom stereocenters. The van der Waals surface area contributed by atoms with Crippen molar-refractivity contribution >= 4 is 34.7 Å². The van der Waals surface area contributed by atoms with Gasteiger partial charge in [-0.3, -0.25) is 14.5 Å². The van der Waals surface area contributed by atoms with Gasteiger partial charge in [0.05, 0.1) is 29.3 Å². The molecule has 1 unspecified atom stereocenters. The van der Waals surface area contributed by atoms with E-state index < -0.39 is 46.6 Å². The Morgan fingerprint density at radius 1 is 1.03 bits per heavy atom. The van der Waals surface area contributed by atoms with Crippen molar-refractivity contribution in [1.82, 2.24) is 0 Å². The summed E-state index contributed by atoms with van der Waals surface area (Å²) >= 11 is 6.22. The molecule has 0 spiro atoms. The lowest BCUT2D eigenvalue weighted by atomic mass is 9.95. The topological polar surface area (TPSA) is 66.8 Å². The van der Waals surface area contributed by atoms with Crippen molar-refractivity contribution in [2.75, 3.05) is 12.0 Å². The van der Waals surface area contributed by atoms with Crippen LogP contribution in [0.3, 0.4) is 0 Å². The second-order valence-corrected chi connectivity index (χ2v) is 8.02. The predicted molar refractivity (Wildman–Crippen MR) is 121 cm³/mol. The SMILES string of the molecule is COc1ccc(Cl)c(/C(O)=C2\C(=O)C(=O)N(c3cccc(C(F)(F)F)c3)C2c2ccc(F)cc2)c1. The third-order valence-electron chi connectivity index (χ3n) is 5.51. The van der Waals surface area contributed by atoms with E-state index in [-0.39, 0.29) is 21.8 Å². The fraction of sp³-hybridized carbons (Fsp3) is 0.120. The summed E-state index contributed by atoms with van der Waals surface area (Å²) < 4.78 is 58.8. The molecule has 5 nitrogen and oxygen atoms in total. The number of alkyl halides is 3. The number of carbonyl (C=O) groups is 2. The van der Waals surface area contributed by atoms with Crippen LogP contribution in [0, 0.1) is 5.82 Å². The van der Waals surface area contributed by atoms with Gasteiger partial charge in [0.2, 0.25) is 0 Å². The maximum absolute atomic E-state index is 13.6. The number of benzene rings is 3. The van der Waals surface area contributed by atoms with Crippen LogP contribution >= 0.6 is 11.6 Å². The van der Waals surface area contributed by atoms with E-state index in [2.05, 4.69) is 0 Å². The lowest BCUT2D eigenvalue weighted by Gasteiger charge is -2.26. The summed E-state index contributed by atoms with van der Waals surface area (Å²) in [5, 5.41) is 11.2. The molecule has 4 rings (SSSR count). The number of amides is 1. The minimum absolute atomic E-state index is 0.0276. The number of aliphatic hydroxyl groups is 1. The van der Waals surface area contributed by atoms with Crippen LogP contribution in [0.5, 0.6) is 5.75 Å². The molecule has 180 valence electrons. The maximum atomic E-state index is 13.6. The molecule has 1 heterocycles. The Morgan fingerprint density at radius 3 is 2.34 bits per heavy atom. The van der Waals surface area contributed by atoms with Crippen LogP contribution in [-0.2, 0) is 15.8 Å². The largest absolute Gasteiger partial charge is 0.507 e. The molecule has 0 saturated carbocycles. The van der Waals surface area contributed by atoms with Crippen LogP contribution in [-0.4, -0.2) is 23.9 Å². The molecule has 0 aromatic heterocycles. The molecule has 1 amide bonds. The Bertz CT molecular complexity index is 1350. The molecular formula is C25H16ClF4NO4. The van der Waals surface area contributed by atoms with E-state index in [4.69, 9.17) is 16.3 Å². The summed E-state index contributed by atoms with van der Waals surface area (Å²) in [6, 6.07) is 11.5. The number of hydrogen-bond acceptors (Lipinski definition) is 4. The average Bonchev–Trinajstić information content (AvgIpc) is 3.09. The fourth-order valence-electron chi connectivity index (χ4n) is 3.85. The minimum Gasteiger partial charge on any atom is -0.507 e. The van der Waals surface area contributed by atoms with Crippen LogP contribution in [0.15, 0.2) is 72.3 Å². The van der Waals surface area contributed by atoms with E-state index in [1.54, 1.807) is 0 Å². The maximum Gasteiger partial charge on any atom is 0.416 e. The molecule has 35 heavy (non-hydrogen) atoms. The number of ether oxygens (including phenoxy) is 1. The molecule has 0 aliphatic carbocycles. The number of nitrogens with zero attached hydrogens (tertiary/aromatic N) is 1. The van der Waals surface area contributed by atoms with Crippen molar-refractivity contribution in [2.45, 2.75) is 12.2 Å². The van der Waals surface area contributed by atoms with Gasteiger partial charge in [-0.25, -0.2) is 4.39 Å². The third-order valence-corrected chi connectivity index (χ3v) is 5.84. The second kappa shape index (κ2) is 9.07. The number of aliphatic hydroxyl groups excluding tert-OH is 1. The zero-order valence-electron chi connectivity index (χ0n) is 17.9. The van der Waals surface area contributed by atoms with Crippen LogP contribution in [0.25, 0.3) is 5.76 Å². The summed E-state index contributed by atoms with van der Waals surface area (Å²) in [5.41, 5.74) is -1.53. The van der Waals surface area contributed by atoms with Gasteiger partial charge in [-0.05, 0) is 54.1 Å². The van der Waals surface area contributed by atoms with E-state index in [0.717, 1.165) is 35.2 Å². The van der Waals surface area contributed by atoms with Crippen LogP contribution in [0.2, 0.25) is 5.02 Å². The third kappa shape index (κ3) is 4.46. The standard InChI is InChI=1S/C25H16ClF4NO4/c1-35-17-9-10-19(26)18(12-17)22(32)20-21(13-5-7-15(27)8-6-13)31(24(34)23(20)33)16-4-2-3-14(11-16)25(28,29)30/h2-12,21,32H,1H3/b22-20+. The van der Waals surface area contributed by atoms with Crippen molar-refractivity contribution in [1.29, 1.82) is 0 Å². The molecule has 1 N–H and O–H groups in total. The summed E-state index contributed by atoms with van der Waals surface area (Å²) in [4.78, 5) is 27.0. The number of ketones is 1. The Kier molecular flexibility index (Phi) is 6.29. The van der Waals surface area contributed by atoms with E-state index >= 15 is 0 Å². The van der Waals surface area contributed by atoms with Gasteiger partial charge >= 0.3 is 6.18 Å². The van der Waals surface area contributed by atoms with Crippen molar-refractivity contribution < 1.29 is 37.0 Å². The molecule has 0 radical (unpaired) electrons. The zero-order chi connectivity index (χ0) is 25.5. The highest BCUT2D eigenvalue weighted by molar-refractivity contribution is 6.52. The Balaban J connectivity index is 1.97. The molecule has 1 aliphatic rings. The number of halogens is 5. The molecule has 0 bridgehead atoms. The van der Waals surface area contributed by atoms with E-state index in [1.165, 1.54) is 43.5 Å². The highest BCUT2D eigenvalue weighted by atomic mass is 35.5. The number of anilines is 1. The van der Waals surface area contributed by atoms with Gasteiger partial charge in [-0.15, -0.1) is 0 Å². The fourth-order valence-corrected chi connectivity index (χ4v) is 4.06. The molecule has 10 heteroatoms. The van der Waals surface area contributed by atoms with Gasteiger partial charge in [0.15, 0.2) is 0 Å². The van der Waals surface area contributed by atoms with Crippen LogP contribution < -0.4 is 9.64 Å². The summed E-state index contributed by atoms with van der Waals surface area (Å²) in [6.07, 6.45) is -4.71. The Labute approximate surface area is 201 Å². The quantitative estimate of drug-likeness (QED) is 0.200. The normalized spacial score (nSPS) is 17.7. The van der Waals surface area contributed by atoms with Crippen LogP contribution in [0.1, 0.15) is 22.7 Å². The summed E-state index contributed by atoms with van der Waals surface area (Å²) in [7, 11) is 1.37. The monoisotopic (exact) mass is 505 g/mol. The highest BCUT2D eigenvalue weighted by Crippen LogP contribution is 2.44. The lowest BCUT2D eigenvalue weighted by Crippen LogP contribution is -2.29. The summed E-state index contributed by atoms with van der Waals surface area (Å²) in [6.45, 7) is 0. The Hall–Kier alpha value is -3.85. The first-order valence-corrected chi connectivity index (χ1v) is 10.5. The second-order valence-electron chi connectivity index (χ2n) is 7.61. The number of hydrogen-bond donors (Lipinski definition) is 1. The molecule has 1 fully saturated rings. The number of Topliss-reactive ketones (excluding diaryl/α,β-unsaturated/α-hetero) is 1. The zero-order valence-corrected chi connectivity index (χ0v) is 18.7. The minimum atomic E-state index is -4.71. The molecule has 1 aliphatic heterocycles. The predicted octanol–water partition coefficient (Wildman–Crippen LogP) is 6.13. The van der Waals surface area contributed by atoms with Crippen molar-refractivity contribution in [2.24, 2.45) is 0 Å². The summed E-state index contributed by atoms with van der Waals surface area (Å²) in [5.74, 6) is -3.29. The average molecular weight is 506 g/mol. The Morgan fingerprint density at radius 2 is 1.71 bits per heavy atom. The number of methoxy groups -OCH3 is 1. The number of rotatable bonds is 4. The highest BCUT2D eigenvalue weighted by Gasteiger charge is 2.47. The van der Waals surface area contributed by atoms with Gasteiger partial charge < -0.3 is 9.84 Å². The molecule has 3 aromatic rings. The van der Waals surface area contributed by atoms with E-state index in [9.17, 15) is 32.3 Å². The van der Waals surface area contributed by atoms with Gasteiger partial charge in [0, 0.05) is 11.3 Å². The molecular weight excluding hydrogens is 490 g/mol. The van der Waals surface area contributed by atoms with Gasteiger partial charge in [0.1, 0.15) is 17.3 Å². The van der Waals surface area contributed by atoms with Crippen molar-refractivity contribution in [3.8, 4) is 5.75 Å². The smallest absolute Gasteiger partial charge is 0.416 e. The molecule has 3 aromatic carbocycles. The van der Waals surface area contributed by atoms with Crippen molar-refractivity contribution in [3.05, 3.63) is 99.8 Å². The van der Waals surface area contributed by atoms with E-state index in [1.807, 2.05) is 0 Å². The first-order valence-electron chi connectivity index (χ1n) is 10.1. The lowest BCUT2D eigenvalue weighted by molar-refractivity contribution is -0.137. The number of carbonyl (C=O) groups excluding carboxylic acids is 2. The van der Waals surface area contributed by atoms with Gasteiger partial charge in [0.25, 0.3) is 11.7 Å². The van der Waals surface area contributed by atoms with Crippen molar-refractivity contribution in [3.63, 3.8) is 0 Å². The van der Waals surface area contributed by atoms with Crippen LogP contribution in [0.4, 0.5) is 23.2 Å². The van der Waals surface area contributed by atoms with Gasteiger partial charge in [-0.2, -0.15) is 13.2 Å². The first-order chi connectivity index (χ1) is 16.5. The van der Waals surface area contributed by atoms with E-state index in [0.29, 0.717) is 5.75 Å². The van der Waals surface area contributed by atoms with Gasteiger partial charge in [-0.1, -0.05) is 29.8 Å². The molecule has 1 saturated heterocycles. The first kappa shape index (κ1) is 24.3.